The smallest absolute Gasteiger partial charge is 0.247 e. The van der Waals surface area contributed by atoms with Crippen LogP contribution in [-0.2, 0) is 16.0 Å². The van der Waals surface area contributed by atoms with Crippen LogP contribution in [-0.4, -0.2) is 59.7 Å². The van der Waals surface area contributed by atoms with Crippen LogP contribution in [0.5, 0.6) is 0 Å². The molecule has 196 valence electrons. The third kappa shape index (κ3) is 4.96. The summed E-state index contributed by atoms with van der Waals surface area (Å²) in [5.41, 5.74) is 4.15. The highest BCUT2D eigenvalue weighted by Crippen LogP contribution is 2.32. The topological polar surface area (TPSA) is 113 Å². The number of imidazole rings is 1. The molecule has 0 saturated carbocycles. The summed E-state index contributed by atoms with van der Waals surface area (Å²) in [5, 5.41) is 8.44. The number of carbonyl (C=O) groups is 2. The molecule has 5 aromatic rings. The van der Waals surface area contributed by atoms with Crippen molar-refractivity contribution in [3.05, 3.63) is 94.1 Å². The number of pyridine rings is 1. The first-order valence-corrected chi connectivity index (χ1v) is 13.0. The number of rotatable bonds is 6. The standard InChI is InChI=1S/C27H22Cl2N8O2/c1-16-7-9-19-26(30-16)32-27(31-19)22(11-17-5-3-2-4-6-17)36-15-24(38)35(14-25(36)39)21-12-18(28)8-10-20(21)37-13-23(29)33-34-37/h2-10,12-13,22H,11,14-15H2,1H3,(H,30,31,32). The first-order chi connectivity index (χ1) is 18.9. The number of aromatic nitrogens is 6. The fraction of sp³-hybridized carbons (Fsp3) is 0.185. The van der Waals surface area contributed by atoms with E-state index in [1.165, 1.54) is 15.8 Å². The summed E-state index contributed by atoms with van der Waals surface area (Å²) in [6.07, 6.45) is 1.99. The Bertz CT molecular complexity index is 1700. The van der Waals surface area contributed by atoms with Gasteiger partial charge in [0.15, 0.2) is 10.8 Å². The number of nitrogens with one attached hydrogen (secondary N) is 1. The lowest BCUT2D eigenvalue weighted by molar-refractivity contribution is -0.141. The molecule has 4 heterocycles. The first kappa shape index (κ1) is 25.0. The Kier molecular flexibility index (Phi) is 6.49. The molecule has 1 aliphatic rings. The second kappa shape index (κ2) is 10.1. The van der Waals surface area contributed by atoms with Crippen molar-refractivity contribution in [3.8, 4) is 5.69 Å². The quantitative estimate of drug-likeness (QED) is 0.331. The van der Waals surface area contributed by atoms with Crippen molar-refractivity contribution >= 4 is 51.9 Å². The normalized spacial score (nSPS) is 14.8. The molecule has 1 fully saturated rings. The molecule has 0 bridgehead atoms. The van der Waals surface area contributed by atoms with Gasteiger partial charge in [-0.2, -0.15) is 0 Å². The first-order valence-electron chi connectivity index (χ1n) is 12.2. The summed E-state index contributed by atoms with van der Waals surface area (Å²) in [6.45, 7) is 1.57. The van der Waals surface area contributed by atoms with Crippen LogP contribution in [0, 0.1) is 6.92 Å². The molecule has 0 radical (unpaired) electrons. The molecular weight excluding hydrogens is 539 g/mol. The van der Waals surface area contributed by atoms with Gasteiger partial charge in [-0.1, -0.05) is 58.7 Å². The maximum atomic E-state index is 13.7. The van der Waals surface area contributed by atoms with Gasteiger partial charge in [0.1, 0.15) is 24.4 Å². The van der Waals surface area contributed by atoms with Crippen molar-refractivity contribution in [1.82, 2.24) is 34.8 Å². The average Bonchev–Trinajstić information content (AvgIpc) is 3.55. The van der Waals surface area contributed by atoms with E-state index < -0.39 is 6.04 Å². The Morgan fingerprint density at radius 3 is 2.54 bits per heavy atom. The Hall–Kier alpha value is -4.28. The highest BCUT2D eigenvalue weighted by Gasteiger charge is 2.38. The maximum absolute atomic E-state index is 13.7. The summed E-state index contributed by atoms with van der Waals surface area (Å²) in [6, 6.07) is 18.1. The van der Waals surface area contributed by atoms with Gasteiger partial charge in [0, 0.05) is 17.1 Å². The molecule has 0 spiro atoms. The average molecular weight is 561 g/mol. The number of nitrogens with zero attached hydrogens (tertiary/aromatic N) is 7. The van der Waals surface area contributed by atoms with Crippen LogP contribution in [0.15, 0.2) is 66.9 Å². The van der Waals surface area contributed by atoms with E-state index in [1.807, 2.05) is 49.4 Å². The van der Waals surface area contributed by atoms with Crippen molar-refractivity contribution in [2.75, 3.05) is 18.0 Å². The summed E-state index contributed by atoms with van der Waals surface area (Å²) < 4.78 is 1.44. The van der Waals surface area contributed by atoms with E-state index >= 15 is 0 Å². The highest BCUT2D eigenvalue weighted by atomic mass is 35.5. The predicted molar refractivity (Wildman–Crippen MR) is 147 cm³/mol. The van der Waals surface area contributed by atoms with E-state index in [4.69, 9.17) is 28.2 Å². The number of fused-ring (bicyclic) bond motifs is 1. The van der Waals surface area contributed by atoms with Gasteiger partial charge in [0.25, 0.3) is 0 Å². The molecule has 1 saturated heterocycles. The lowest BCUT2D eigenvalue weighted by Crippen LogP contribution is -2.55. The van der Waals surface area contributed by atoms with Gasteiger partial charge in [0.05, 0.1) is 23.6 Å². The summed E-state index contributed by atoms with van der Waals surface area (Å²) >= 11 is 12.3. The number of piperazine rings is 1. The number of hydrogen-bond donors (Lipinski definition) is 1. The number of benzene rings is 2. The maximum Gasteiger partial charge on any atom is 0.247 e. The lowest BCUT2D eigenvalue weighted by Gasteiger charge is -2.38. The molecule has 1 N–H and O–H groups in total. The van der Waals surface area contributed by atoms with E-state index in [0.29, 0.717) is 39.8 Å². The number of H-pyrrole nitrogens is 1. The fourth-order valence-corrected chi connectivity index (χ4v) is 5.06. The number of aromatic amines is 1. The Morgan fingerprint density at radius 1 is 0.949 bits per heavy atom. The zero-order valence-electron chi connectivity index (χ0n) is 20.8. The zero-order chi connectivity index (χ0) is 27.1. The van der Waals surface area contributed by atoms with E-state index in [9.17, 15) is 9.59 Å². The van der Waals surface area contributed by atoms with Gasteiger partial charge < -0.3 is 9.88 Å². The van der Waals surface area contributed by atoms with Gasteiger partial charge in [0.2, 0.25) is 11.8 Å². The van der Waals surface area contributed by atoms with E-state index in [0.717, 1.165) is 11.3 Å². The number of halogens is 2. The molecular formula is C27H22Cl2N8O2. The van der Waals surface area contributed by atoms with Crippen molar-refractivity contribution in [2.24, 2.45) is 0 Å². The minimum absolute atomic E-state index is 0.149. The number of hydrogen-bond acceptors (Lipinski definition) is 6. The second-order valence-electron chi connectivity index (χ2n) is 9.27. The van der Waals surface area contributed by atoms with Crippen LogP contribution in [0.1, 0.15) is 23.1 Å². The Labute approximate surface area is 233 Å². The summed E-state index contributed by atoms with van der Waals surface area (Å²) in [5.74, 6) is 0.0670. The molecule has 39 heavy (non-hydrogen) atoms. The lowest BCUT2D eigenvalue weighted by atomic mass is 10.0. The third-order valence-electron chi connectivity index (χ3n) is 6.63. The third-order valence-corrected chi connectivity index (χ3v) is 7.03. The van der Waals surface area contributed by atoms with Crippen molar-refractivity contribution in [2.45, 2.75) is 19.4 Å². The number of amides is 2. The van der Waals surface area contributed by atoms with Crippen LogP contribution in [0.3, 0.4) is 0 Å². The van der Waals surface area contributed by atoms with Gasteiger partial charge in [-0.15, -0.1) is 5.10 Å². The van der Waals surface area contributed by atoms with Crippen LogP contribution in [0.25, 0.3) is 16.9 Å². The second-order valence-corrected chi connectivity index (χ2v) is 10.1. The van der Waals surface area contributed by atoms with Crippen LogP contribution in [0.2, 0.25) is 10.2 Å². The summed E-state index contributed by atoms with van der Waals surface area (Å²) in [4.78, 5) is 42.9. The van der Waals surface area contributed by atoms with Crippen LogP contribution < -0.4 is 4.90 Å². The number of aryl methyl sites for hydroxylation is 1. The van der Waals surface area contributed by atoms with Gasteiger partial charge in [-0.05, 0) is 42.8 Å². The molecule has 3 aromatic heterocycles. The molecule has 2 amide bonds. The molecule has 2 aromatic carbocycles. The van der Waals surface area contributed by atoms with Crippen LogP contribution >= 0.6 is 23.2 Å². The van der Waals surface area contributed by atoms with Gasteiger partial charge in [-0.3, -0.25) is 14.5 Å². The van der Waals surface area contributed by atoms with Crippen molar-refractivity contribution < 1.29 is 9.59 Å². The van der Waals surface area contributed by atoms with Gasteiger partial charge in [-0.25, -0.2) is 14.6 Å². The predicted octanol–water partition coefficient (Wildman–Crippen LogP) is 4.31. The Balaban J connectivity index is 1.35. The van der Waals surface area contributed by atoms with Crippen molar-refractivity contribution in [1.29, 1.82) is 0 Å². The molecule has 0 aliphatic carbocycles. The van der Waals surface area contributed by atoms with Crippen LogP contribution in [0.4, 0.5) is 5.69 Å². The Morgan fingerprint density at radius 2 is 1.77 bits per heavy atom. The molecule has 1 aliphatic heterocycles. The van der Waals surface area contributed by atoms with E-state index in [1.54, 1.807) is 23.1 Å². The van der Waals surface area contributed by atoms with E-state index in [-0.39, 0.29) is 30.1 Å². The van der Waals surface area contributed by atoms with Crippen molar-refractivity contribution in [3.63, 3.8) is 0 Å². The largest absolute Gasteiger partial charge is 0.325 e. The minimum Gasteiger partial charge on any atom is -0.325 e. The highest BCUT2D eigenvalue weighted by molar-refractivity contribution is 6.31. The monoisotopic (exact) mass is 560 g/mol. The summed E-state index contributed by atoms with van der Waals surface area (Å²) in [7, 11) is 0. The van der Waals surface area contributed by atoms with E-state index in [2.05, 4.69) is 20.3 Å². The molecule has 1 atom stereocenters. The number of anilines is 1. The molecule has 1 unspecified atom stereocenters. The number of carbonyl (C=O) groups excluding carboxylic acids is 2. The minimum atomic E-state index is -0.506. The molecule has 10 nitrogen and oxygen atoms in total. The van der Waals surface area contributed by atoms with Gasteiger partial charge >= 0.3 is 0 Å². The zero-order valence-corrected chi connectivity index (χ0v) is 22.3. The molecule has 12 heteroatoms. The SMILES string of the molecule is Cc1ccc2nc(C(Cc3ccccc3)N3CC(=O)N(c4cc(Cl)ccc4-n4cc(Cl)nn4)CC3=O)[nH]c2n1. The molecule has 6 rings (SSSR count). The fourth-order valence-electron chi connectivity index (χ4n) is 4.76.